The zero-order chi connectivity index (χ0) is 19.4. The van der Waals surface area contributed by atoms with Crippen molar-refractivity contribution in [3.8, 4) is 0 Å². The predicted octanol–water partition coefficient (Wildman–Crippen LogP) is 1.82. The lowest BCUT2D eigenvalue weighted by atomic mass is 9.58. The molecule has 0 saturated heterocycles. The molecule has 2 amide bonds. The average Bonchev–Trinajstić information content (AvgIpc) is 2.90. The minimum Gasteiger partial charge on any atom is -0.394 e. The number of imide groups is 1. The molecule has 7 heteroatoms. The molecule has 2 aliphatic rings. The first-order valence-corrected chi connectivity index (χ1v) is 9.37. The Balaban J connectivity index is 1.81. The number of carbonyl (C=O) groups excluding carboxylic acids is 2. The zero-order valence-corrected chi connectivity index (χ0v) is 15.9. The van der Waals surface area contributed by atoms with Crippen molar-refractivity contribution >= 4 is 27.7 Å². The number of fused-ring (bicyclic) bond motifs is 1. The Kier molecular flexibility index (Phi) is 4.23. The smallest absolute Gasteiger partial charge is 0.262 e. The third-order valence-electron chi connectivity index (χ3n) is 5.59. The van der Waals surface area contributed by atoms with Crippen LogP contribution < -0.4 is 0 Å². The molecule has 4 rings (SSSR count). The highest BCUT2D eigenvalue weighted by Gasteiger charge is 2.64. The van der Waals surface area contributed by atoms with Gasteiger partial charge in [0, 0.05) is 17.3 Å². The lowest BCUT2D eigenvalue weighted by Gasteiger charge is -2.58. The Morgan fingerprint density at radius 1 is 1.00 bits per heavy atom. The fourth-order valence-corrected chi connectivity index (χ4v) is 4.46. The Morgan fingerprint density at radius 3 is 2.00 bits per heavy atom. The first kappa shape index (κ1) is 18.3. The van der Waals surface area contributed by atoms with Gasteiger partial charge in [-0.1, -0.05) is 40.2 Å². The van der Waals surface area contributed by atoms with Crippen molar-refractivity contribution in [2.45, 2.75) is 30.1 Å². The first-order chi connectivity index (χ1) is 12.8. The van der Waals surface area contributed by atoms with E-state index in [9.17, 15) is 24.9 Å². The topological polar surface area (TPSA) is 98.1 Å². The second kappa shape index (κ2) is 6.24. The highest BCUT2D eigenvalue weighted by atomic mass is 79.9. The molecule has 0 bridgehead atoms. The molecular weight excluding hydrogens is 414 g/mol. The second-order valence-corrected chi connectivity index (χ2v) is 8.10. The fourth-order valence-electron chi connectivity index (χ4n) is 4.20. The largest absolute Gasteiger partial charge is 0.394 e. The Bertz CT molecular complexity index is 885. The SMILES string of the molecule is O=C1c2ccccc2C(=O)N1[C@]1(c2ccc(Br)cc2)C[C@@](O)([C@H](O)CO)C1. The summed E-state index contributed by atoms with van der Waals surface area (Å²) in [5.74, 6) is -0.835. The van der Waals surface area contributed by atoms with E-state index in [0.717, 1.165) is 4.47 Å². The summed E-state index contributed by atoms with van der Waals surface area (Å²) in [6.07, 6.45) is -1.44. The van der Waals surface area contributed by atoms with Crippen LogP contribution in [0.25, 0.3) is 0 Å². The molecule has 1 atom stereocenters. The van der Waals surface area contributed by atoms with Crippen LogP contribution in [0.2, 0.25) is 0 Å². The van der Waals surface area contributed by atoms with Gasteiger partial charge in [-0.3, -0.25) is 14.5 Å². The molecule has 2 aromatic rings. The molecule has 0 radical (unpaired) electrons. The van der Waals surface area contributed by atoms with Crippen molar-refractivity contribution in [3.63, 3.8) is 0 Å². The van der Waals surface area contributed by atoms with Gasteiger partial charge in [-0.05, 0) is 29.8 Å². The molecule has 1 heterocycles. The van der Waals surface area contributed by atoms with Crippen molar-refractivity contribution in [2.24, 2.45) is 0 Å². The van der Waals surface area contributed by atoms with Crippen molar-refractivity contribution in [2.75, 3.05) is 6.61 Å². The summed E-state index contributed by atoms with van der Waals surface area (Å²) in [5.41, 5.74) is -1.31. The number of hydrogen-bond donors (Lipinski definition) is 3. The number of rotatable bonds is 4. The van der Waals surface area contributed by atoms with Gasteiger partial charge in [0.15, 0.2) is 0 Å². The van der Waals surface area contributed by atoms with Crippen molar-refractivity contribution < 1.29 is 24.9 Å². The highest BCUT2D eigenvalue weighted by molar-refractivity contribution is 9.10. The van der Waals surface area contributed by atoms with Gasteiger partial charge in [0.05, 0.1) is 28.9 Å². The monoisotopic (exact) mass is 431 g/mol. The highest BCUT2D eigenvalue weighted by Crippen LogP contribution is 2.55. The zero-order valence-electron chi connectivity index (χ0n) is 14.3. The first-order valence-electron chi connectivity index (χ1n) is 8.58. The Hall–Kier alpha value is -2.06. The van der Waals surface area contributed by atoms with E-state index in [1.54, 1.807) is 48.5 Å². The molecular formula is C20H18BrNO5. The molecule has 1 aliphatic carbocycles. The third kappa shape index (κ3) is 2.57. The van der Waals surface area contributed by atoms with Crippen LogP contribution in [0.15, 0.2) is 53.0 Å². The van der Waals surface area contributed by atoms with Crippen molar-refractivity contribution in [1.29, 1.82) is 0 Å². The molecule has 0 aromatic heterocycles. The molecule has 3 N–H and O–H groups in total. The van der Waals surface area contributed by atoms with Crippen LogP contribution in [0.4, 0.5) is 0 Å². The Labute approximate surface area is 164 Å². The van der Waals surface area contributed by atoms with E-state index >= 15 is 0 Å². The molecule has 27 heavy (non-hydrogen) atoms. The average molecular weight is 432 g/mol. The molecule has 2 aromatic carbocycles. The van der Waals surface area contributed by atoms with Crippen LogP contribution in [-0.4, -0.2) is 50.3 Å². The summed E-state index contributed by atoms with van der Waals surface area (Å²) in [6, 6.07) is 13.8. The number of carbonyl (C=O) groups is 2. The number of halogens is 1. The van der Waals surface area contributed by atoms with Crippen molar-refractivity contribution in [3.05, 3.63) is 69.7 Å². The quantitative estimate of drug-likeness (QED) is 0.641. The molecule has 1 fully saturated rings. The van der Waals surface area contributed by atoms with E-state index < -0.39 is 35.7 Å². The van der Waals surface area contributed by atoms with Gasteiger partial charge in [-0.25, -0.2) is 0 Å². The van der Waals surface area contributed by atoms with Gasteiger partial charge in [0.2, 0.25) is 0 Å². The predicted molar refractivity (Wildman–Crippen MR) is 100 cm³/mol. The van der Waals surface area contributed by atoms with Crippen molar-refractivity contribution in [1.82, 2.24) is 4.90 Å². The summed E-state index contributed by atoms with van der Waals surface area (Å²) in [6.45, 7) is -0.602. The summed E-state index contributed by atoms with van der Waals surface area (Å²) in [7, 11) is 0. The van der Waals surface area contributed by atoms with Crippen LogP contribution in [0.3, 0.4) is 0 Å². The van der Waals surface area contributed by atoms with Gasteiger partial charge < -0.3 is 15.3 Å². The van der Waals surface area contributed by atoms with Gasteiger partial charge in [0.25, 0.3) is 11.8 Å². The Morgan fingerprint density at radius 2 is 1.52 bits per heavy atom. The van der Waals surface area contributed by atoms with Crippen LogP contribution in [0.1, 0.15) is 39.1 Å². The number of benzene rings is 2. The van der Waals surface area contributed by atoms with E-state index in [4.69, 9.17) is 0 Å². The molecule has 1 aliphatic heterocycles. The van der Waals surface area contributed by atoms with E-state index in [1.165, 1.54) is 4.90 Å². The number of hydrogen-bond acceptors (Lipinski definition) is 5. The maximum absolute atomic E-state index is 13.0. The molecule has 1 saturated carbocycles. The van der Waals surface area contributed by atoms with E-state index in [0.29, 0.717) is 16.7 Å². The summed E-state index contributed by atoms with van der Waals surface area (Å²) >= 11 is 3.37. The van der Waals surface area contributed by atoms with Crippen LogP contribution in [0.5, 0.6) is 0 Å². The van der Waals surface area contributed by atoms with E-state index in [-0.39, 0.29) is 12.8 Å². The number of amides is 2. The van der Waals surface area contributed by atoms with E-state index in [1.807, 2.05) is 0 Å². The van der Waals surface area contributed by atoms with Gasteiger partial charge in [0.1, 0.15) is 6.10 Å². The molecule has 140 valence electrons. The maximum atomic E-state index is 13.0. The van der Waals surface area contributed by atoms with Crippen LogP contribution in [-0.2, 0) is 5.54 Å². The van der Waals surface area contributed by atoms with Gasteiger partial charge in [-0.2, -0.15) is 0 Å². The standard InChI is InChI=1S/C20H18BrNO5/c21-13-7-5-12(6-8-13)19(10-20(27,11-19)16(24)9-23)22-17(25)14-3-1-2-4-15(14)18(22)26/h1-8,16,23-24,27H,9-11H2/t16-,19-,20+/m1/s1. The number of aliphatic hydroxyl groups is 3. The van der Waals surface area contributed by atoms with Crippen LogP contribution in [0, 0.1) is 0 Å². The normalized spacial score (nSPS) is 28.1. The minimum absolute atomic E-state index is 0.0468. The lowest BCUT2D eigenvalue weighted by Crippen LogP contribution is -2.68. The summed E-state index contributed by atoms with van der Waals surface area (Å²) in [5, 5.41) is 30.0. The number of nitrogens with zero attached hydrogens (tertiary/aromatic N) is 1. The third-order valence-corrected chi connectivity index (χ3v) is 6.12. The molecule has 0 spiro atoms. The summed E-state index contributed by atoms with van der Waals surface area (Å²) in [4.78, 5) is 27.3. The fraction of sp³-hybridized carbons (Fsp3) is 0.300. The summed E-state index contributed by atoms with van der Waals surface area (Å²) < 4.78 is 0.841. The van der Waals surface area contributed by atoms with Crippen LogP contribution >= 0.6 is 15.9 Å². The second-order valence-electron chi connectivity index (χ2n) is 7.19. The van der Waals surface area contributed by atoms with Gasteiger partial charge >= 0.3 is 0 Å². The lowest BCUT2D eigenvalue weighted by molar-refractivity contribution is -0.196. The molecule has 0 unspecified atom stereocenters. The molecule has 6 nitrogen and oxygen atoms in total. The number of aliphatic hydroxyl groups excluding tert-OH is 2. The van der Waals surface area contributed by atoms with Gasteiger partial charge in [-0.15, -0.1) is 0 Å². The maximum Gasteiger partial charge on any atom is 0.262 e. The minimum atomic E-state index is -1.57. The van der Waals surface area contributed by atoms with E-state index in [2.05, 4.69) is 15.9 Å².